The van der Waals surface area contributed by atoms with Crippen molar-refractivity contribution in [1.82, 2.24) is 9.55 Å². The third-order valence-corrected chi connectivity index (χ3v) is 3.64. The molecule has 2 aromatic carbocycles. The SMILES string of the molecule is Cc1ccc(-n2cnc3cccc(C(=O)O)c32)cc1Cl. The maximum atomic E-state index is 11.4. The molecule has 0 fully saturated rings. The Kier molecular flexibility index (Phi) is 2.95. The third kappa shape index (κ3) is 1.94. The van der Waals surface area contributed by atoms with E-state index in [4.69, 9.17) is 11.6 Å². The number of aromatic carboxylic acids is 1. The lowest BCUT2D eigenvalue weighted by Crippen LogP contribution is -2.01. The van der Waals surface area contributed by atoms with Crippen molar-refractivity contribution in [2.75, 3.05) is 0 Å². The molecule has 5 heteroatoms. The highest BCUT2D eigenvalue weighted by Gasteiger charge is 2.14. The largest absolute Gasteiger partial charge is 0.478 e. The number of imidazole rings is 1. The summed E-state index contributed by atoms with van der Waals surface area (Å²) in [4.78, 5) is 15.6. The Balaban J connectivity index is 2.31. The molecule has 0 bridgehead atoms. The zero-order chi connectivity index (χ0) is 14.3. The molecule has 0 aliphatic rings. The van der Waals surface area contributed by atoms with Crippen LogP contribution in [-0.2, 0) is 0 Å². The molecule has 20 heavy (non-hydrogen) atoms. The van der Waals surface area contributed by atoms with Crippen LogP contribution >= 0.6 is 11.6 Å². The lowest BCUT2D eigenvalue weighted by molar-refractivity contribution is 0.0698. The zero-order valence-electron chi connectivity index (χ0n) is 10.7. The van der Waals surface area contributed by atoms with Gasteiger partial charge in [0.15, 0.2) is 0 Å². The first-order chi connectivity index (χ1) is 9.58. The topological polar surface area (TPSA) is 55.1 Å². The first kappa shape index (κ1) is 12.7. The molecule has 1 aromatic heterocycles. The first-order valence-electron chi connectivity index (χ1n) is 6.04. The predicted molar refractivity (Wildman–Crippen MR) is 77.8 cm³/mol. The summed E-state index contributed by atoms with van der Waals surface area (Å²) in [5.41, 5.74) is 3.19. The van der Waals surface area contributed by atoms with Crippen molar-refractivity contribution in [2.24, 2.45) is 0 Å². The summed E-state index contributed by atoms with van der Waals surface area (Å²) in [6.45, 7) is 1.92. The molecule has 0 saturated heterocycles. The normalized spacial score (nSPS) is 10.9. The van der Waals surface area contributed by atoms with Crippen LogP contribution in [0, 0.1) is 6.92 Å². The predicted octanol–water partition coefficient (Wildman–Crippen LogP) is 3.69. The molecule has 0 unspecified atom stereocenters. The Hall–Kier alpha value is -2.33. The van der Waals surface area contributed by atoms with E-state index >= 15 is 0 Å². The number of halogens is 1. The monoisotopic (exact) mass is 286 g/mol. The minimum absolute atomic E-state index is 0.219. The van der Waals surface area contributed by atoms with Crippen LogP contribution in [-0.4, -0.2) is 20.6 Å². The third-order valence-electron chi connectivity index (χ3n) is 3.23. The number of aromatic nitrogens is 2. The lowest BCUT2D eigenvalue weighted by Gasteiger charge is -2.08. The van der Waals surface area contributed by atoms with Gasteiger partial charge in [-0.2, -0.15) is 0 Å². The number of para-hydroxylation sites is 1. The van der Waals surface area contributed by atoms with E-state index < -0.39 is 5.97 Å². The number of carboxylic acid groups (broad SMARTS) is 1. The van der Waals surface area contributed by atoms with Crippen molar-refractivity contribution < 1.29 is 9.90 Å². The van der Waals surface area contributed by atoms with E-state index in [0.29, 0.717) is 16.1 Å². The van der Waals surface area contributed by atoms with Crippen LogP contribution in [0.1, 0.15) is 15.9 Å². The van der Waals surface area contributed by atoms with Crippen molar-refractivity contribution in [3.63, 3.8) is 0 Å². The quantitative estimate of drug-likeness (QED) is 0.782. The summed E-state index contributed by atoms with van der Waals surface area (Å²) in [6, 6.07) is 10.6. The summed E-state index contributed by atoms with van der Waals surface area (Å²) >= 11 is 6.13. The number of carbonyl (C=O) groups is 1. The molecular formula is C15H11ClN2O2. The standard InChI is InChI=1S/C15H11ClN2O2/c1-9-5-6-10(7-12(9)16)18-8-17-13-4-2-3-11(14(13)18)15(19)20/h2-8H,1H3,(H,19,20). The Labute approximate surface area is 120 Å². The molecular weight excluding hydrogens is 276 g/mol. The molecule has 3 aromatic rings. The van der Waals surface area contributed by atoms with Crippen LogP contribution in [0.25, 0.3) is 16.7 Å². The van der Waals surface area contributed by atoms with Gasteiger partial charge in [-0.05, 0) is 36.8 Å². The van der Waals surface area contributed by atoms with Crippen LogP contribution in [0.3, 0.4) is 0 Å². The van der Waals surface area contributed by atoms with Gasteiger partial charge >= 0.3 is 5.97 Å². The molecule has 3 rings (SSSR count). The Bertz CT molecular complexity index is 824. The molecule has 0 radical (unpaired) electrons. The molecule has 0 atom stereocenters. The van der Waals surface area contributed by atoms with Crippen molar-refractivity contribution in [1.29, 1.82) is 0 Å². The first-order valence-corrected chi connectivity index (χ1v) is 6.41. The van der Waals surface area contributed by atoms with Gasteiger partial charge in [0.05, 0.1) is 16.6 Å². The van der Waals surface area contributed by atoms with Crippen LogP contribution in [0.2, 0.25) is 5.02 Å². The van der Waals surface area contributed by atoms with Crippen molar-refractivity contribution in [2.45, 2.75) is 6.92 Å². The summed E-state index contributed by atoms with van der Waals surface area (Å²) in [5.74, 6) is -0.976. The second-order valence-electron chi connectivity index (χ2n) is 4.53. The van der Waals surface area contributed by atoms with Gasteiger partial charge in [-0.15, -0.1) is 0 Å². The number of hydrogen-bond acceptors (Lipinski definition) is 2. The van der Waals surface area contributed by atoms with E-state index in [0.717, 1.165) is 11.3 Å². The molecule has 0 aliphatic heterocycles. The van der Waals surface area contributed by atoms with Gasteiger partial charge in [0, 0.05) is 10.7 Å². The maximum absolute atomic E-state index is 11.4. The molecule has 0 aliphatic carbocycles. The zero-order valence-corrected chi connectivity index (χ0v) is 11.4. The highest BCUT2D eigenvalue weighted by molar-refractivity contribution is 6.31. The Morgan fingerprint density at radius 1 is 1.30 bits per heavy atom. The minimum atomic E-state index is -0.976. The van der Waals surface area contributed by atoms with Crippen LogP contribution < -0.4 is 0 Å². The number of hydrogen-bond donors (Lipinski definition) is 1. The van der Waals surface area contributed by atoms with Gasteiger partial charge in [-0.3, -0.25) is 4.57 Å². The molecule has 0 amide bonds. The lowest BCUT2D eigenvalue weighted by atomic mass is 10.1. The van der Waals surface area contributed by atoms with Gasteiger partial charge in [0.2, 0.25) is 0 Å². The Morgan fingerprint density at radius 2 is 2.10 bits per heavy atom. The van der Waals surface area contributed by atoms with Crippen LogP contribution in [0.4, 0.5) is 0 Å². The van der Waals surface area contributed by atoms with E-state index in [2.05, 4.69) is 4.98 Å². The second-order valence-corrected chi connectivity index (χ2v) is 4.93. The fourth-order valence-electron chi connectivity index (χ4n) is 2.17. The van der Waals surface area contributed by atoms with E-state index in [1.165, 1.54) is 0 Å². The average Bonchev–Trinajstić information content (AvgIpc) is 2.85. The number of nitrogens with zero attached hydrogens (tertiary/aromatic N) is 2. The van der Waals surface area contributed by atoms with Gasteiger partial charge in [0.25, 0.3) is 0 Å². The molecule has 0 saturated carbocycles. The molecule has 100 valence electrons. The average molecular weight is 287 g/mol. The molecule has 1 N–H and O–H groups in total. The summed E-state index contributed by atoms with van der Waals surface area (Å²) in [5, 5.41) is 9.94. The highest BCUT2D eigenvalue weighted by Crippen LogP contribution is 2.25. The van der Waals surface area contributed by atoms with Crippen molar-refractivity contribution >= 4 is 28.6 Å². The van der Waals surface area contributed by atoms with E-state index in [9.17, 15) is 9.90 Å². The number of fused-ring (bicyclic) bond motifs is 1. The smallest absolute Gasteiger partial charge is 0.337 e. The van der Waals surface area contributed by atoms with Crippen molar-refractivity contribution in [3.8, 4) is 5.69 Å². The summed E-state index contributed by atoms with van der Waals surface area (Å²) in [6.07, 6.45) is 1.61. The highest BCUT2D eigenvalue weighted by atomic mass is 35.5. The number of carboxylic acids is 1. The fraction of sp³-hybridized carbons (Fsp3) is 0.0667. The molecule has 4 nitrogen and oxygen atoms in total. The van der Waals surface area contributed by atoms with E-state index in [1.54, 1.807) is 35.2 Å². The van der Waals surface area contributed by atoms with E-state index in [-0.39, 0.29) is 5.56 Å². The van der Waals surface area contributed by atoms with Gasteiger partial charge in [0.1, 0.15) is 6.33 Å². The van der Waals surface area contributed by atoms with Gasteiger partial charge < -0.3 is 5.11 Å². The van der Waals surface area contributed by atoms with Crippen LogP contribution in [0.5, 0.6) is 0 Å². The van der Waals surface area contributed by atoms with Crippen molar-refractivity contribution in [3.05, 3.63) is 58.9 Å². The molecule has 1 heterocycles. The van der Waals surface area contributed by atoms with E-state index in [1.807, 2.05) is 19.1 Å². The number of rotatable bonds is 2. The molecule has 0 spiro atoms. The summed E-state index contributed by atoms with van der Waals surface area (Å²) in [7, 11) is 0. The van der Waals surface area contributed by atoms with Crippen LogP contribution in [0.15, 0.2) is 42.7 Å². The number of benzene rings is 2. The minimum Gasteiger partial charge on any atom is -0.478 e. The second kappa shape index (κ2) is 4.65. The fourth-order valence-corrected chi connectivity index (χ4v) is 2.34. The summed E-state index contributed by atoms with van der Waals surface area (Å²) < 4.78 is 1.74. The van der Waals surface area contributed by atoms with Gasteiger partial charge in [-0.25, -0.2) is 9.78 Å². The van der Waals surface area contributed by atoms with Gasteiger partial charge in [-0.1, -0.05) is 23.7 Å². The maximum Gasteiger partial charge on any atom is 0.337 e. The Morgan fingerprint density at radius 3 is 2.80 bits per heavy atom. The number of aryl methyl sites for hydroxylation is 1.